The number of fused-ring (bicyclic) bond motifs is 1. The summed E-state index contributed by atoms with van der Waals surface area (Å²) in [7, 11) is 0. The predicted octanol–water partition coefficient (Wildman–Crippen LogP) is 4.56. The largest absolute Gasteiger partial charge is 0.467 e. The van der Waals surface area contributed by atoms with E-state index in [1.165, 1.54) is 34.0 Å². The van der Waals surface area contributed by atoms with Crippen molar-refractivity contribution < 1.29 is 18.4 Å². The topological polar surface area (TPSA) is 93.3 Å². The van der Waals surface area contributed by atoms with E-state index in [0.29, 0.717) is 22.5 Å². The molecule has 186 valence electrons. The third-order valence-corrected chi connectivity index (χ3v) is 6.07. The lowest BCUT2D eigenvalue weighted by Gasteiger charge is -2.32. The molecule has 2 heterocycles. The highest BCUT2D eigenvalue weighted by Crippen LogP contribution is 2.32. The Labute approximate surface area is 212 Å². The van der Waals surface area contributed by atoms with Crippen molar-refractivity contribution in [1.82, 2.24) is 20.3 Å². The Kier molecular flexibility index (Phi) is 6.76. The van der Waals surface area contributed by atoms with Crippen LogP contribution < -0.4 is 10.2 Å². The zero-order valence-corrected chi connectivity index (χ0v) is 20.0. The van der Waals surface area contributed by atoms with Crippen LogP contribution in [0.2, 0.25) is 0 Å². The quantitative estimate of drug-likeness (QED) is 0.339. The van der Waals surface area contributed by atoms with Crippen LogP contribution in [0, 0.1) is 12.7 Å². The number of hydrogen-bond donors (Lipinski definition) is 1. The molecule has 2 amide bonds. The first kappa shape index (κ1) is 23.9. The number of benzene rings is 3. The number of aromatic nitrogens is 3. The van der Waals surface area contributed by atoms with Crippen molar-refractivity contribution >= 4 is 28.5 Å². The number of carbonyl (C=O) groups excluding carboxylic acids is 2. The number of carbonyl (C=O) groups is 2. The van der Waals surface area contributed by atoms with Crippen molar-refractivity contribution in [2.24, 2.45) is 0 Å². The van der Waals surface area contributed by atoms with E-state index in [4.69, 9.17) is 4.42 Å². The van der Waals surface area contributed by atoms with E-state index < -0.39 is 23.7 Å². The fourth-order valence-electron chi connectivity index (χ4n) is 4.27. The van der Waals surface area contributed by atoms with E-state index in [2.05, 4.69) is 15.6 Å². The summed E-state index contributed by atoms with van der Waals surface area (Å²) in [4.78, 5) is 29.0. The van der Waals surface area contributed by atoms with Crippen LogP contribution in [-0.4, -0.2) is 26.8 Å². The summed E-state index contributed by atoms with van der Waals surface area (Å²) >= 11 is 0. The van der Waals surface area contributed by atoms with Crippen LogP contribution in [0.25, 0.3) is 11.0 Å². The van der Waals surface area contributed by atoms with Crippen molar-refractivity contribution in [2.75, 3.05) is 4.90 Å². The highest BCUT2D eigenvalue weighted by atomic mass is 19.1. The molecule has 0 bridgehead atoms. The molecule has 1 N–H and O–H groups in total. The van der Waals surface area contributed by atoms with E-state index >= 15 is 4.39 Å². The first-order valence-corrected chi connectivity index (χ1v) is 11.7. The minimum atomic E-state index is -1.29. The zero-order valence-electron chi connectivity index (χ0n) is 20.0. The average Bonchev–Trinajstić information content (AvgIpc) is 3.57. The summed E-state index contributed by atoms with van der Waals surface area (Å²) in [5.41, 5.74) is 2.61. The highest BCUT2D eigenvalue weighted by Gasteiger charge is 2.35. The number of rotatable bonds is 8. The van der Waals surface area contributed by atoms with Crippen LogP contribution in [0.1, 0.15) is 22.9 Å². The Morgan fingerprint density at radius 1 is 1.00 bits per heavy atom. The van der Waals surface area contributed by atoms with Crippen LogP contribution in [0.4, 0.5) is 10.1 Å². The van der Waals surface area contributed by atoms with Crippen molar-refractivity contribution in [1.29, 1.82) is 0 Å². The van der Waals surface area contributed by atoms with Crippen molar-refractivity contribution in [3.8, 4) is 0 Å². The minimum absolute atomic E-state index is 0.0690. The number of nitrogens with zero attached hydrogens (tertiary/aromatic N) is 4. The summed E-state index contributed by atoms with van der Waals surface area (Å²) in [6, 6.07) is 22.5. The van der Waals surface area contributed by atoms with Crippen molar-refractivity contribution in [3.63, 3.8) is 0 Å². The van der Waals surface area contributed by atoms with Gasteiger partial charge < -0.3 is 9.73 Å². The fraction of sp³-hybridized carbons (Fsp3) is 0.143. The molecule has 5 rings (SSSR count). The summed E-state index contributed by atoms with van der Waals surface area (Å²) < 4.78 is 22.0. The Morgan fingerprint density at radius 3 is 2.54 bits per heavy atom. The molecule has 8 nitrogen and oxygen atoms in total. The molecule has 1 unspecified atom stereocenters. The first-order valence-electron chi connectivity index (χ1n) is 11.7. The van der Waals surface area contributed by atoms with Gasteiger partial charge in [0.05, 0.1) is 18.3 Å². The molecule has 0 radical (unpaired) electrons. The normalized spacial score (nSPS) is 11.8. The summed E-state index contributed by atoms with van der Waals surface area (Å²) in [6.45, 7) is 1.71. The monoisotopic (exact) mass is 497 g/mol. The van der Waals surface area contributed by atoms with Crippen LogP contribution in [0.5, 0.6) is 0 Å². The van der Waals surface area contributed by atoms with Crippen LogP contribution >= 0.6 is 0 Å². The zero-order chi connectivity index (χ0) is 25.8. The van der Waals surface area contributed by atoms with Gasteiger partial charge in [0, 0.05) is 11.3 Å². The van der Waals surface area contributed by atoms with Gasteiger partial charge in [-0.05, 0) is 48.9 Å². The molecule has 2 aromatic heterocycles. The number of halogens is 1. The summed E-state index contributed by atoms with van der Waals surface area (Å²) in [5, 5.41) is 11.1. The van der Waals surface area contributed by atoms with Crippen LogP contribution in [0.3, 0.4) is 0 Å². The first-order chi connectivity index (χ1) is 18.0. The maximum absolute atomic E-state index is 15.2. The van der Waals surface area contributed by atoms with E-state index in [9.17, 15) is 9.59 Å². The molecular formula is C28H24FN5O3. The molecule has 0 fully saturated rings. The fourth-order valence-corrected chi connectivity index (χ4v) is 4.27. The second-order valence-corrected chi connectivity index (χ2v) is 8.51. The number of para-hydroxylation sites is 2. The van der Waals surface area contributed by atoms with Gasteiger partial charge in [-0.2, -0.15) is 0 Å². The maximum Gasteiger partial charge on any atom is 0.249 e. The lowest BCUT2D eigenvalue weighted by molar-refractivity contribution is -0.127. The van der Waals surface area contributed by atoms with Gasteiger partial charge in [-0.1, -0.05) is 53.7 Å². The molecular weight excluding hydrogens is 473 g/mol. The minimum Gasteiger partial charge on any atom is -0.467 e. The maximum atomic E-state index is 15.2. The molecule has 3 aromatic carbocycles. The van der Waals surface area contributed by atoms with E-state index in [1.807, 2.05) is 37.3 Å². The lowest BCUT2D eigenvalue weighted by atomic mass is 10.0. The number of nitrogens with one attached hydrogen (secondary N) is 1. The van der Waals surface area contributed by atoms with Gasteiger partial charge in [0.1, 0.15) is 29.7 Å². The Hall–Kier alpha value is -4.79. The Balaban J connectivity index is 1.58. The van der Waals surface area contributed by atoms with E-state index in [-0.39, 0.29) is 18.7 Å². The molecule has 0 aliphatic carbocycles. The van der Waals surface area contributed by atoms with Gasteiger partial charge in [-0.3, -0.25) is 14.5 Å². The van der Waals surface area contributed by atoms with Crippen molar-refractivity contribution in [2.45, 2.75) is 26.1 Å². The second kappa shape index (κ2) is 10.4. The van der Waals surface area contributed by atoms with Gasteiger partial charge in [0.2, 0.25) is 11.8 Å². The number of aryl methyl sites for hydroxylation is 1. The molecule has 37 heavy (non-hydrogen) atoms. The summed E-state index contributed by atoms with van der Waals surface area (Å²) in [6.07, 6.45) is 1.50. The molecule has 5 aromatic rings. The number of hydrogen-bond acceptors (Lipinski definition) is 5. The van der Waals surface area contributed by atoms with Gasteiger partial charge in [0.15, 0.2) is 0 Å². The molecule has 1 atom stereocenters. The third-order valence-electron chi connectivity index (χ3n) is 6.07. The highest BCUT2D eigenvalue weighted by molar-refractivity contribution is 6.02. The Bertz CT molecular complexity index is 1550. The molecule has 0 spiro atoms. The summed E-state index contributed by atoms with van der Waals surface area (Å²) in [5.74, 6) is -1.07. The van der Waals surface area contributed by atoms with Crippen LogP contribution in [-0.2, 0) is 22.7 Å². The predicted molar refractivity (Wildman–Crippen MR) is 136 cm³/mol. The third kappa shape index (κ3) is 4.97. The van der Waals surface area contributed by atoms with Gasteiger partial charge in [-0.15, -0.1) is 5.10 Å². The SMILES string of the molecule is Cc1ccccc1N(C(=O)Cn1nnc2ccccc21)C(C(=O)NCc1ccco1)c1ccccc1F. The van der Waals surface area contributed by atoms with Gasteiger partial charge >= 0.3 is 0 Å². The Morgan fingerprint density at radius 2 is 1.76 bits per heavy atom. The molecule has 0 aliphatic heterocycles. The number of amides is 2. The molecule has 9 heteroatoms. The van der Waals surface area contributed by atoms with E-state index in [1.54, 1.807) is 36.4 Å². The molecule has 0 aliphatic rings. The van der Waals surface area contributed by atoms with E-state index in [0.717, 1.165) is 5.56 Å². The van der Waals surface area contributed by atoms with Gasteiger partial charge in [0.25, 0.3) is 0 Å². The smallest absolute Gasteiger partial charge is 0.249 e. The average molecular weight is 498 g/mol. The van der Waals surface area contributed by atoms with Crippen molar-refractivity contribution in [3.05, 3.63) is 114 Å². The second-order valence-electron chi connectivity index (χ2n) is 8.51. The van der Waals surface area contributed by atoms with Gasteiger partial charge in [-0.25, -0.2) is 9.07 Å². The molecule has 0 saturated heterocycles. The standard InChI is InChI=1S/C28H24FN5O3/c1-19-9-2-6-14-24(19)34(26(35)18-33-25-15-7-5-13-23(25)31-32-33)27(21-11-3-4-12-22(21)29)28(36)30-17-20-10-8-16-37-20/h2-16,27H,17-18H2,1H3,(H,30,36). The molecule has 0 saturated carbocycles. The van der Waals surface area contributed by atoms with Crippen LogP contribution in [0.15, 0.2) is 95.6 Å². The number of furan rings is 1. The number of anilines is 1. The lowest BCUT2D eigenvalue weighted by Crippen LogP contribution is -2.45.